The van der Waals surface area contributed by atoms with Gasteiger partial charge in [-0.1, -0.05) is 12.1 Å². The molecule has 10 heteroatoms. The number of carbonyl (C=O) groups is 1. The Bertz CT molecular complexity index is 1350. The van der Waals surface area contributed by atoms with E-state index in [-0.39, 0.29) is 17.9 Å². The van der Waals surface area contributed by atoms with Crippen LogP contribution in [0.1, 0.15) is 25.0 Å². The van der Waals surface area contributed by atoms with Crippen molar-refractivity contribution in [2.75, 3.05) is 18.5 Å². The second-order valence-corrected chi connectivity index (χ2v) is 8.72. The van der Waals surface area contributed by atoms with Gasteiger partial charge in [0.05, 0.1) is 21.7 Å². The number of carbonyl (C=O) groups excluding carboxylic acids is 1. The van der Waals surface area contributed by atoms with Crippen LogP contribution in [0, 0.1) is 25.0 Å². The molecule has 0 fully saturated rings. The molecule has 0 spiro atoms. The van der Waals surface area contributed by atoms with Crippen molar-refractivity contribution in [1.82, 2.24) is 0 Å². The van der Waals surface area contributed by atoms with Crippen LogP contribution in [0.15, 0.2) is 66.2 Å². The number of nitro benzene ring substituents is 1. The van der Waals surface area contributed by atoms with Crippen molar-refractivity contribution in [2.45, 2.75) is 20.5 Å². The van der Waals surface area contributed by atoms with Crippen molar-refractivity contribution in [3.63, 3.8) is 0 Å². The summed E-state index contributed by atoms with van der Waals surface area (Å²) in [6.45, 7) is 4.70. The average Bonchev–Trinajstić information content (AvgIpc) is 2.88. The lowest BCUT2D eigenvalue weighted by Crippen LogP contribution is -2.13. The van der Waals surface area contributed by atoms with Crippen molar-refractivity contribution in [3.05, 3.63) is 91.0 Å². The molecule has 1 N–H and O–H groups in total. The van der Waals surface area contributed by atoms with E-state index in [1.54, 1.807) is 48.5 Å². The number of ether oxygens (including phenoxy) is 3. The minimum atomic E-state index is -0.550. The predicted octanol–water partition coefficient (Wildman–Crippen LogP) is 6.12. The number of hydrogen-bond acceptors (Lipinski definition) is 7. The van der Waals surface area contributed by atoms with Crippen LogP contribution in [-0.2, 0) is 11.4 Å². The molecule has 0 atom stereocenters. The highest BCUT2D eigenvalue weighted by atomic mass is 127. The fourth-order valence-corrected chi connectivity index (χ4v) is 4.09. The first-order chi connectivity index (χ1) is 17.8. The number of anilines is 1. The number of nitrogens with zero attached hydrogens (tertiary/aromatic N) is 2. The van der Waals surface area contributed by atoms with Gasteiger partial charge in [-0.3, -0.25) is 14.9 Å². The molecule has 0 saturated heterocycles. The summed E-state index contributed by atoms with van der Waals surface area (Å²) < 4.78 is 17.8. The van der Waals surface area contributed by atoms with Gasteiger partial charge in [-0.2, -0.15) is 5.26 Å². The van der Waals surface area contributed by atoms with Gasteiger partial charge in [0.1, 0.15) is 24.0 Å². The van der Waals surface area contributed by atoms with Crippen molar-refractivity contribution in [3.8, 4) is 23.3 Å². The van der Waals surface area contributed by atoms with Crippen molar-refractivity contribution in [1.29, 1.82) is 5.26 Å². The minimum Gasteiger partial charge on any atom is -0.494 e. The molecule has 0 aliphatic rings. The van der Waals surface area contributed by atoms with E-state index in [0.29, 0.717) is 50.8 Å². The van der Waals surface area contributed by atoms with Crippen LogP contribution in [0.3, 0.4) is 0 Å². The third-order valence-corrected chi connectivity index (χ3v) is 5.74. The number of nitriles is 1. The van der Waals surface area contributed by atoms with Crippen molar-refractivity contribution >= 4 is 45.9 Å². The maximum Gasteiger partial charge on any atom is 0.269 e. The van der Waals surface area contributed by atoms with E-state index in [4.69, 9.17) is 14.2 Å². The quantitative estimate of drug-likeness (QED) is 0.0909. The molecule has 3 aromatic rings. The van der Waals surface area contributed by atoms with Gasteiger partial charge in [-0.25, -0.2) is 0 Å². The van der Waals surface area contributed by atoms with Crippen LogP contribution < -0.4 is 19.5 Å². The van der Waals surface area contributed by atoms with Crippen LogP contribution in [0.25, 0.3) is 6.08 Å². The highest BCUT2D eigenvalue weighted by Crippen LogP contribution is 2.35. The molecular formula is C27H24IN3O6. The van der Waals surface area contributed by atoms with Gasteiger partial charge < -0.3 is 19.5 Å². The third kappa shape index (κ3) is 7.68. The maximum atomic E-state index is 12.7. The third-order valence-electron chi connectivity index (χ3n) is 4.94. The van der Waals surface area contributed by atoms with Crippen molar-refractivity contribution < 1.29 is 23.9 Å². The first-order valence-electron chi connectivity index (χ1n) is 11.3. The number of amides is 1. The molecular weight excluding hydrogens is 589 g/mol. The molecule has 0 aliphatic carbocycles. The van der Waals surface area contributed by atoms with E-state index in [1.165, 1.54) is 18.2 Å². The minimum absolute atomic E-state index is 0.0196. The SMILES string of the molecule is CCOc1ccc(NC(=O)/C(C#N)=C/c2cc(I)c(OCc3cccc([N+](=O)[O-])c3)c(OCC)c2)cc1. The Labute approximate surface area is 227 Å². The standard InChI is InChI=1S/C27H24IN3O6/c1-3-35-23-10-8-21(9-11-23)30-27(32)20(16-29)12-19-14-24(28)26(25(15-19)36-4-2)37-17-18-6-5-7-22(13-18)31(33)34/h5-15H,3-4,17H2,1-2H3,(H,30,32)/b20-12+. The first kappa shape index (κ1) is 27.5. The molecule has 3 aromatic carbocycles. The Kier molecular flexibility index (Phi) is 9.85. The van der Waals surface area contributed by atoms with Crippen molar-refractivity contribution in [2.24, 2.45) is 0 Å². The highest BCUT2D eigenvalue weighted by molar-refractivity contribution is 14.1. The monoisotopic (exact) mass is 613 g/mol. The van der Waals surface area contributed by atoms with Gasteiger partial charge in [0.25, 0.3) is 11.6 Å². The maximum absolute atomic E-state index is 12.7. The Hall–Kier alpha value is -4.11. The summed E-state index contributed by atoms with van der Waals surface area (Å²) in [6, 6.07) is 18.4. The van der Waals surface area contributed by atoms with E-state index in [9.17, 15) is 20.2 Å². The molecule has 0 bridgehead atoms. The molecule has 9 nitrogen and oxygen atoms in total. The molecule has 3 rings (SSSR count). The summed E-state index contributed by atoms with van der Waals surface area (Å²) in [4.78, 5) is 23.3. The molecule has 0 saturated carbocycles. The number of non-ortho nitro benzene ring substituents is 1. The topological polar surface area (TPSA) is 124 Å². The van der Waals surface area contributed by atoms with E-state index in [0.717, 1.165) is 0 Å². The molecule has 0 aromatic heterocycles. The molecule has 0 heterocycles. The zero-order valence-corrected chi connectivity index (χ0v) is 22.4. The fraction of sp³-hybridized carbons (Fsp3) is 0.185. The molecule has 1 amide bonds. The second kappa shape index (κ2) is 13.3. The molecule has 190 valence electrons. The lowest BCUT2D eigenvalue weighted by molar-refractivity contribution is -0.384. The highest BCUT2D eigenvalue weighted by Gasteiger charge is 2.15. The fourth-order valence-electron chi connectivity index (χ4n) is 3.30. The summed E-state index contributed by atoms with van der Waals surface area (Å²) in [5, 5.41) is 23.4. The zero-order chi connectivity index (χ0) is 26.8. The van der Waals surface area contributed by atoms with Gasteiger partial charge >= 0.3 is 0 Å². The normalized spacial score (nSPS) is 10.8. The van der Waals surface area contributed by atoms with E-state index in [1.807, 2.05) is 19.9 Å². The smallest absolute Gasteiger partial charge is 0.269 e. The van der Waals surface area contributed by atoms with Gasteiger partial charge in [0, 0.05) is 17.8 Å². The first-order valence-corrected chi connectivity index (χ1v) is 12.4. The number of rotatable bonds is 11. The molecule has 0 radical (unpaired) electrons. The summed E-state index contributed by atoms with van der Waals surface area (Å²) in [5.74, 6) is 1.02. The van der Waals surface area contributed by atoms with Crippen LogP contribution in [-0.4, -0.2) is 24.0 Å². The summed E-state index contributed by atoms with van der Waals surface area (Å²) in [6.07, 6.45) is 1.47. The Morgan fingerprint density at radius 1 is 1.08 bits per heavy atom. The van der Waals surface area contributed by atoms with E-state index < -0.39 is 10.8 Å². The zero-order valence-electron chi connectivity index (χ0n) is 20.2. The second-order valence-electron chi connectivity index (χ2n) is 7.56. The van der Waals surface area contributed by atoms with E-state index in [2.05, 4.69) is 27.9 Å². The number of nitrogens with one attached hydrogen (secondary N) is 1. The number of benzene rings is 3. The van der Waals surface area contributed by atoms with Crippen LogP contribution in [0.4, 0.5) is 11.4 Å². The molecule has 37 heavy (non-hydrogen) atoms. The predicted molar refractivity (Wildman–Crippen MR) is 148 cm³/mol. The van der Waals surface area contributed by atoms with Crippen LogP contribution in [0.5, 0.6) is 17.2 Å². The van der Waals surface area contributed by atoms with Gasteiger partial charge in [-0.05, 0) is 90.0 Å². The van der Waals surface area contributed by atoms with E-state index >= 15 is 0 Å². The number of hydrogen-bond donors (Lipinski definition) is 1. The Morgan fingerprint density at radius 3 is 2.46 bits per heavy atom. The molecule has 0 aliphatic heterocycles. The molecule has 0 unspecified atom stereocenters. The summed E-state index contributed by atoms with van der Waals surface area (Å²) in [7, 11) is 0. The van der Waals surface area contributed by atoms with Gasteiger partial charge in [0.2, 0.25) is 0 Å². The lowest BCUT2D eigenvalue weighted by atomic mass is 10.1. The number of nitro groups is 1. The summed E-state index contributed by atoms with van der Waals surface area (Å²) in [5.41, 5.74) is 1.64. The largest absolute Gasteiger partial charge is 0.494 e. The summed E-state index contributed by atoms with van der Waals surface area (Å²) >= 11 is 2.08. The Morgan fingerprint density at radius 2 is 1.81 bits per heavy atom. The van der Waals surface area contributed by atoms with Crippen LogP contribution >= 0.6 is 22.6 Å². The van der Waals surface area contributed by atoms with Gasteiger partial charge in [-0.15, -0.1) is 0 Å². The number of halogens is 1. The average molecular weight is 613 g/mol. The lowest BCUT2D eigenvalue weighted by Gasteiger charge is -2.15. The Balaban J connectivity index is 1.81. The van der Waals surface area contributed by atoms with Crippen LogP contribution in [0.2, 0.25) is 0 Å². The van der Waals surface area contributed by atoms with Gasteiger partial charge in [0.15, 0.2) is 11.5 Å².